The van der Waals surface area contributed by atoms with Crippen LogP contribution < -0.4 is 10.3 Å². The predicted octanol–water partition coefficient (Wildman–Crippen LogP) is 6.07. The van der Waals surface area contributed by atoms with Gasteiger partial charge in [-0.1, -0.05) is 36.4 Å². The van der Waals surface area contributed by atoms with Gasteiger partial charge in [0, 0.05) is 45.2 Å². The van der Waals surface area contributed by atoms with E-state index < -0.39 is 49.8 Å². The fourth-order valence-corrected chi connectivity index (χ4v) is 5.85. The molecule has 0 saturated carbocycles. The first kappa shape index (κ1) is 28.0. The molecule has 8 nitrogen and oxygen atoms in total. The number of halogens is 4. The number of aromatic amines is 1. The Hall–Kier alpha value is -5.17. The zero-order chi connectivity index (χ0) is 30.5. The standard InChI is InChI=1S/C30H19F4N3O5S/c31-22-9-3-1-7-18(22)16-37-23-12-11-19(30(32,33)34)15-21(23)26(20-8-5-13-35-28(20)38)27(37)29(39)36-43(40,41)25-14-17-6-2-4-10-24(17)42-25/h1-15H,16H2,(H,35,38)(H,36,39). The Morgan fingerprint density at radius 3 is 2.42 bits per heavy atom. The number of H-pyrrole nitrogens is 1. The minimum absolute atomic E-state index is 0.0285. The van der Waals surface area contributed by atoms with Crippen molar-refractivity contribution in [2.24, 2.45) is 0 Å². The van der Waals surface area contributed by atoms with E-state index >= 15 is 0 Å². The molecule has 0 atom stereocenters. The third-order valence-electron chi connectivity index (χ3n) is 6.87. The third kappa shape index (κ3) is 5.07. The van der Waals surface area contributed by atoms with Crippen molar-refractivity contribution in [3.8, 4) is 11.1 Å². The molecule has 3 heterocycles. The fourth-order valence-electron chi connectivity index (χ4n) is 4.93. The second kappa shape index (κ2) is 10.3. The first-order valence-corrected chi connectivity index (χ1v) is 14.1. The molecule has 0 unspecified atom stereocenters. The number of carbonyl (C=O) groups excluding carboxylic acids is 1. The van der Waals surface area contributed by atoms with E-state index in [1.54, 1.807) is 18.2 Å². The van der Waals surface area contributed by atoms with Gasteiger partial charge in [0.25, 0.3) is 21.5 Å². The van der Waals surface area contributed by atoms with E-state index in [1.165, 1.54) is 53.2 Å². The Morgan fingerprint density at radius 2 is 1.70 bits per heavy atom. The van der Waals surface area contributed by atoms with Crippen LogP contribution in [-0.4, -0.2) is 23.9 Å². The summed E-state index contributed by atoms with van der Waals surface area (Å²) in [7, 11) is -4.66. The van der Waals surface area contributed by atoms with Gasteiger partial charge in [0.15, 0.2) is 0 Å². The van der Waals surface area contributed by atoms with Gasteiger partial charge >= 0.3 is 6.18 Å². The van der Waals surface area contributed by atoms with Gasteiger partial charge in [-0.3, -0.25) is 9.59 Å². The van der Waals surface area contributed by atoms with Crippen LogP contribution in [0.3, 0.4) is 0 Å². The summed E-state index contributed by atoms with van der Waals surface area (Å²) < 4.78 is 91.3. The number of hydrogen-bond acceptors (Lipinski definition) is 5. The number of hydrogen-bond donors (Lipinski definition) is 2. The van der Waals surface area contributed by atoms with E-state index in [4.69, 9.17) is 4.42 Å². The van der Waals surface area contributed by atoms with Gasteiger partial charge in [0.05, 0.1) is 12.1 Å². The van der Waals surface area contributed by atoms with E-state index in [9.17, 15) is 35.6 Å². The number of rotatable bonds is 6. The van der Waals surface area contributed by atoms with Crippen LogP contribution in [-0.2, 0) is 22.7 Å². The molecule has 0 radical (unpaired) electrons. The van der Waals surface area contributed by atoms with Gasteiger partial charge in [0.2, 0.25) is 5.09 Å². The molecule has 3 aromatic carbocycles. The number of benzene rings is 3. The number of sulfonamides is 1. The van der Waals surface area contributed by atoms with Gasteiger partial charge in [-0.2, -0.15) is 21.6 Å². The molecule has 2 N–H and O–H groups in total. The number of nitrogens with one attached hydrogen (secondary N) is 2. The van der Waals surface area contributed by atoms with Crippen molar-refractivity contribution in [1.82, 2.24) is 14.3 Å². The van der Waals surface area contributed by atoms with Crippen molar-refractivity contribution in [2.45, 2.75) is 17.8 Å². The monoisotopic (exact) mass is 609 g/mol. The van der Waals surface area contributed by atoms with E-state index in [0.717, 1.165) is 24.3 Å². The van der Waals surface area contributed by atoms with Gasteiger partial charge in [-0.05, 0) is 42.5 Å². The fraction of sp³-hybridized carbons (Fsp3) is 0.0667. The van der Waals surface area contributed by atoms with Crippen molar-refractivity contribution in [3.05, 3.63) is 124 Å². The molecule has 0 aliphatic carbocycles. The summed E-state index contributed by atoms with van der Waals surface area (Å²) >= 11 is 0. The van der Waals surface area contributed by atoms with E-state index in [2.05, 4.69) is 4.98 Å². The highest BCUT2D eigenvalue weighted by atomic mass is 32.2. The lowest BCUT2D eigenvalue weighted by Crippen LogP contribution is -2.32. The van der Waals surface area contributed by atoms with Crippen LogP contribution in [0.25, 0.3) is 33.0 Å². The lowest BCUT2D eigenvalue weighted by molar-refractivity contribution is -0.137. The molecule has 6 rings (SSSR count). The SMILES string of the molecule is O=C(NS(=O)(=O)c1cc2ccccc2o1)c1c(-c2ccc[nH]c2=O)c2cc(C(F)(F)F)ccc2n1Cc1ccccc1F. The second-order valence-electron chi connectivity index (χ2n) is 9.58. The summed E-state index contributed by atoms with van der Waals surface area (Å²) in [4.78, 5) is 29.3. The molecule has 43 heavy (non-hydrogen) atoms. The number of carbonyl (C=O) groups is 1. The third-order valence-corrected chi connectivity index (χ3v) is 8.06. The average molecular weight is 610 g/mol. The summed E-state index contributed by atoms with van der Waals surface area (Å²) in [5.74, 6) is -1.95. The van der Waals surface area contributed by atoms with Crippen LogP contribution in [0.2, 0.25) is 0 Å². The molecule has 6 aromatic rings. The Morgan fingerprint density at radius 1 is 0.953 bits per heavy atom. The summed E-state index contributed by atoms with van der Waals surface area (Å²) in [6.07, 6.45) is -3.49. The molecular formula is C30H19F4N3O5S. The van der Waals surface area contributed by atoms with Crippen molar-refractivity contribution in [2.75, 3.05) is 0 Å². The van der Waals surface area contributed by atoms with Crippen LogP contribution >= 0.6 is 0 Å². The maximum atomic E-state index is 14.8. The number of furan rings is 1. The predicted molar refractivity (Wildman–Crippen MR) is 149 cm³/mol. The summed E-state index contributed by atoms with van der Waals surface area (Å²) in [5.41, 5.74) is -2.45. The highest BCUT2D eigenvalue weighted by Crippen LogP contribution is 2.39. The van der Waals surface area contributed by atoms with Gasteiger partial charge in [0.1, 0.15) is 17.1 Å². The molecule has 0 bridgehead atoms. The van der Waals surface area contributed by atoms with Crippen LogP contribution in [0.4, 0.5) is 17.6 Å². The minimum Gasteiger partial charge on any atom is -0.443 e. The highest BCUT2D eigenvalue weighted by molar-refractivity contribution is 7.90. The second-order valence-corrected chi connectivity index (χ2v) is 11.2. The maximum absolute atomic E-state index is 14.8. The quantitative estimate of drug-likeness (QED) is 0.223. The zero-order valence-electron chi connectivity index (χ0n) is 21.8. The van der Waals surface area contributed by atoms with Gasteiger partial charge in [-0.25, -0.2) is 9.11 Å². The molecule has 13 heteroatoms. The summed E-state index contributed by atoms with van der Waals surface area (Å²) in [5, 5.41) is -0.313. The Balaban J connectivity index is 1.61. The lowest BCUT2D eigenvalue weighted by atomic mass is 10.0. The number of para-hydroxylation sites is 1. The average Bonchev–Trinajstić information content (AvgIpc) is 3.54. The van der Waals surface area contributed by atoms with Gasteiger partial charge < -0.3 is 14.0 Å². The molecule has 0 fully saturated rings. The van der Waals surface area contributed by atoms with E-state index in [1.807, 2.05) is 4.72 Å². The van der Waals surface area contributed by atoms with Crippen molar-refractivity contribution >= 4 is 37.8 Å². The van der Waals surface area contributed by atoms with E-state index in [0.29, 0.717) is 5.39 Å². The molecular weight excluding hydrogens is 590 g/mol. The van der Waals surface area contributed by atoms with E-state index in [-0.39, 0.29) is 39.7 Å². The first-order valence-electron chi connectivity index (χ1n) is 12.6. The van der Waals surface area contributed by atoms with Crippen molar-refractivity contribution < 1.29 is 35.2 Å². The van der Waals surface area contributed by atoms with Crippen LogP contribution in [0, 0.1) is 5.82 Å². The number of nitrogens with zero attached hydrogens (tertiary/aromatic N) is 1. The topological polar surface area (TPSA) is 114 Å². The Kier molecular flexibility index (Phi) is 6.69. The number of amides is 1. The van der Waals surface area contributed by atoms with Crippen molar-refractivity contribution in [1.29, 1.82) is 0 Å². The number of fused-ring (bicyclic) bond motifs is 2. The number of aromatic nitrogens is 2. The largest absolute Gasteiger partial charge is 0.443 e. The molecule has 3 aromatic heterocycles. The lowest BCUT2D eigenvalue weighted by Gasteiger charge is -2.13. The molecule has 218 valence electrons. The smallest absolute Gasteiger partial charge is 0.416 e. The number of alkyl halides is 3. The first-order chi connectivity index (χ1) is 20.4. The minimum atomic E-state index is -4.78. The molecule has 0 aliphatic heterocycles. The normalized spacial score (nSPS) is 12.2. The zero-order valence-corrected chi connectivity index (χ0v) is 22.6. The number of pyridine rings is 1. The summed E-state index contributed by atoms with van der Waals surface area (Å²) in [6.45, 7) is -0.382. The Labute approximate surface area is 240 Å². The molecule has 0 saturated heterocycles. The molecule has 0 spiro atoms. The van der Waals surface area contributed by atoms with Crippen LogP contribution in [0.5, 0.6) is 0 Å². The molecule has 1 amide bonds. The highest BCUT2D eigenvalue weighted by Gasteiger charge is 2.34. The Bertz CT molecular complexity index is 2180. The van der Waals surface area contributed by atoms with Gasteiger partial charge in [-0.15, -0.1) is 0 Å². The van der Waals surface area contributed by atoms with Crippen molar-refractivity contribution in [3.63, 3.8) is 0 Å². The summed E-state index contributed by atoms with van der Waals surface area (Å²) in [6, 6.07) is 18.5. The molecule has 0 aliphatic rings. The van der Waals surface area contributed by atoms with Crippen LogP contribution in [0.15, 0.2) is 105 Å². The maximum Gasteiger partial charge on any atom is 0.416 e. The van der Waals surface area contributed by atoms with Crippen LogP contribution in [0.1, 0.15) is 21.6 Å².